The summed E-state index contributed by atoms with van der Waals surface area (Å²) < 4.78 is 6.80. The zero-order valence-electron chi connectivity index (χ0n) is 11.8. The SMILES string of the molecule is CNC(c1ccc(OC2CC2)cc1)c1ccc(Cl)cc1Br. The summed E-state index contributed by atoms with van der Waals surface area (Å²) in [6.45, 7) is 0. The highest BCUT2D eigenvalue weighted by Crippen LogP contribution is 2.32. The normalized spacial score (nSPS) is 15.8. The first-order valence-corrected chi connectivity index (χ1v) is 8.23. The van der Waals surface area contributed by atoms with Gasteiger partial charge in [0.15, 0.2) is 0 Å². The van der Waals surface area contributed by atoms with E-state index in [1.807, 2.05) is 37.4 Å². The highest BCUT2D eigenvalue weighted by atomic mass is 79.9. The van der Waals surface area contributed by atoms with Gasteiger partial charge in [-0.15, -0.1) is 0 Å². The van der Waals surface area contributed by atoms with Crippen LogP contribution in [0.2, 0.25) is 5.02 Å². The van der Waals surface area contributed by atoms with Crippen LogP contribution in [0.15, 0.2) is 46.9 Å². The summed E-state index contributed by atoms with van der Waals surface area (Å²) in [7, 11) is 1.96. The first-order chi connectivity index (χ1) is 10.2. The van der Waals surface area contributed by atoms with Gasteiger partial charge in [-0.05, 0) is 55.3 Å². The minimum absolute atomic E-state index is 0.117. The Morgan fingerprint density at radius 2 is 1.90 bits per heavy atom. The Kier molecular flexibility index (Phi) is 4.53. The van der Waals surface area contributed by atoms with Crippen molar-refractivity contribution in [1.82, 2.24) is 5.32 Å². The standard InChI is InChI=1S/C17H17BrClNO/c1-20-17(15-9-4-12(19)10-16(15)18)11-2-5-13(6-3-11)21-14-7-8-14/h2-6,9-10,14,17,20H,7-8H2,1H3. The van der Waals surface area contributed by atoms with Crippen LogP contribution in [0, 0.1) is 0 Å². The third kappa shape index (κ3) is 3.60. The number of hydrogen-bond acceptors (Lipinski definition) is 2. The maximum atomic E-state index is 6.02. The zero-order chi connectivity index (χ0) is 14.8. The molecule has 2 aromatic carbocycles. The molecular weight excluding hydrogens is 350 g/mol. The van der Waals surface area contributed by atoms with Crippen LogP contribution in [0.1, 0.15) is 30.0 Å². The molecule has 0 saturated heterocycles. The van der Waals surface area contributed by atoms with Gasteiger partial charge in [-0.1, -0.05) is 45.7 Å². The summed E-state index contributed by atoms with van der Waals surface area (Å²) in [5.74, 6) is 0.950. The van der Waals surface area contributed by atoms with E-state index in [1.165, 1.54) is 18.4 Å². The predicted molar refractivity (Wildman–Crippen MR) is 90.1 cm³/mol. The largest absolute Gasteiger partial charge is 0.490 e. The molecule has 4 heteroatoms. The smallest absolute Gasteiger partial charge is 0.119 e. The van der Waals surface area contributed by atoms with Crippen LogP contribution in [-0.2, 0) is 0 Å². The Bertz CT molecular complexity index is 625. The van der Waals surface area contributed by atoms with Gasteiger partial charge in [0.05, 0.1) is 12.1 Å². The molecule has 1 unspecified atom stereocenters. The van der Waals surface area contributed by atoms with E-state index in [1.54, 1.807) is 0 Å². The minimum atomic E-state index is 0.117. The molecule has 0 heterocycles. The quantitative estimate of drug-likeness (QED) is 0.808. The number of hydrogen-bond donors (Lipinski definition) is 1. The van der Waals surface area contributed by atoms with E-state index in [9.17, 15) is 0 Å². The highest BCUT2D eigenvalue weighted by Gasteiger charge is 2.23. The summed E-state index contributed by atoms with van der Waals surface area (Å²) in [5.41, 5.74) is 2.36. The topological polar surface area (TPSA) is 21.3 Å². The molecule has 1 aliphatic carbocycles. The van der Waals surface area contributed by atoms with Gasteiger partial charge >= 0.3 is 0 Å². The van der Waals surface area contributed by atoms with Gasteiger partial charge in [-0.25, -0.2) is 0 Å². The van der Waals surface area contributed by atoms with E-state index in [0.717, 1.165) is 20.8 Å². The van der Waals surface area contributed by atoms with E-state index >= 15 is 0 Å². The van der Waals surface area contributed by atoms with Crippen molar-refractivity contribution in [2.45, 2.75) is 25.0 Å². The van der Waals surface area contributed by atoms with Gasteiger partial charge in [-0.2, -0.15) is 0 Å². The van der Waals surface area contributed by atoms with Crippen LogP contribution in [-0.4, -0.2) is 13.2 Å². The molecule has 21 heavy (non-hydrogen) atoms. The maximum Gasteiger partial charge on any atom is 0.119 e. The van der Waals surface area contributed by atoms with Crippen molar-refractivity contribution in [3.8, 4) is 5.75 Å². The van der Waals surface area contributed by atoms with Crippen LogP contribution >= 0.6 is 27.5 Å². The van der Waals surface area contributed by atoms with E-state index in [0.29, 0.717) is 6.10 Å². The van der Waals surface area contributed by atoms with Gasteiger partial charge in [0.2, 0.25) is 0 Å². The first kappa shape index (κ1) is 14.9. The van der Waals surface area contributed by atoms with Gasteiger partial charge in [0.1, 0.15) is 5.75 Å². The molecule has 2 aromatic rings. The molecule has 0 amide bonds. The lowest BCUT2D eigenvalue weighted by Gasteiger charge is -2.19. The minimum Gasteiger partial charge on any atom is -0.490 e. The molecular formula is C17H17BrClNO. The Morgan fingerprint density at radius 1 is 1.19 bits per heavy atom. The van der Waals surface area contributed by atoms with Crippen LogP contribution < -0.4 is 10.1 Å². The van der Waals surface area contributed by atoms with Gasteiger partial charge in [-0.3, -0.25) is 0 Å². The van der Waals surface area contributed by atoms with Crippen molar-refractivity contribution in [3.63, 3.8) is 0 Å². The van der Waals surface area contributed by atoms with Crippen molar-refractivity contribution in [1.29, 1.82) is 0 Å². The Labute approximate surface area is 138 Å². The molecule has 0 aromatic heterocycles. The van der Waals surface area contributed by atoms with E-state index < -0.39 is 0 Å². The fraction of sp³-hybridized carbons (Fsp3) is 0.294. The van der Waals surface area contributed by atoms with Crippen molar-refractivity contribution in [2.75, 3.05) is 7.05 Å². The lowest BCUT2D eigenvalue weighted by molar-refractivity contribution is 0.303. The summed E-state index contributed by atoms with van der Waals surface area (Å²) in [4.78, 5) is 0. The fourth-order valence-corrected chi connectivity index (χ4v) is 3.27. The molecule has 1 saturated carbocycles. The molecule has 2 nitrogen and oxygen atoms in total. The first-order valence-electron chi connectivity index (χ1n) is 7.06. The van der Waals surface area contributed by atoms with E-state index in [2.05, 4.69) is 33.4 Å². The second-order valence-electron chi connectivity index (χ2n) is 5.27. The molecule has 1 fully saturated rings. The number of rotatable bonds is 5. The lowest BCUT2D eigenvalue weighted by atomic mass is 9.99. The molecule has 0 spiro atoms. The third-order valence-corrected chi connectivity index (χ3v) is 4.52. The van der Waals surface area contributed by atoms with E-state index in [4.69, 9.17) is 16.3 Å². The summed E-state index contributed by atoms with van der Waals surface area (Å²) in [6.07, 6.45) is 2.79. The monoisotopic (exact) mass is 365 g/mol. The van der Waals surface area contributed by atoms with Crippen molar-refractivity contribution in [3.05, 3.63) is 63.1 Å². The summed E-state index contributed by atoms with van der Waals surface area (Å²) in [5, 5.41) is 4.08. The number of halogens is 2. The highest BCUT2D eigenvalue weighted by molar-refractivity contribution is 9.10. The maximum absolute atomic E-state index is 6.02. The van der Waals surface area contributed by atoms with Gasteiger partial charge in [0.25, 0.3) is 0 Å². The fourth-order valence-electron chi connectivity index (χ4n) is 2.35. The van der Waals surface area contributed by atoms with Gasteiger partial charge < -0.3 is 10.1 Å². The predicted octanol–water partition coefficient (Wildman–Crippen LogP) is 4.95. The molecule has 1 N–H and O–H groups in total. The summed E-state index contributed by atoms with van der Waals surface area (Å²) in [6, 6.07) is 14.3. The molecule has 0 bridgehead atoms. The van der Waals surface area contributed by atoms with Crippen LogP contribution in [0.25, 0.3) is 0 Å². The van der Waals surface area contributed by atoms with Crippen molar-refractivity contribution >= 4 is 27.5 Å². The molecule has 0 radical (unpaired) electrons. The number of benzene rings is 2. The average molecular weight is 367 g/mol. The van der Waals surface area contributed by atoms with Crippen LogP contribution in [0.3, 0.4) is 0 Å². The van der Waals surface area contributed by atoms with E-state index in [-0.39, 0.29) is 6.04 Å². The van der Waals surface area contributed by atoms with Gasteiger partial charge in [0, 0.05) is 9.50 Å². The average Bonchev–Trinajstić information content (AvgIpc) is 3.27. The second-order valence-corrected chi connectivity index (χ2v) is 6.56. The van der Waals surface area contributed by atoms with Crippen molar-refractivity contribution < 1.29 is 4.74 Å². The Hall–Kier alpha value is -1.03. The number of ether oxygens (including phenoxy) is 1. The Balaban J connectivity index is 1.84. The summed E-state index contributed by atoms with van der Waals surface area (Å²) >= 11 is 9.61. The molecule has 3 rings (SSSR count). The molecule has 0 aliphatic heterocycles. The number of nitrogens with one attached hydrogen (secondary N) is 1. The second kappa shape index (κ2) is 6.39. The Morgan fingerprint density at radius 3 is 2.48 bits per heavy atom. The molecule has 1 aliphatic rings. The zero-order valence-corrected chi connectivity index (χ0v) is 14.1. The van der Waals surface area contributed by atoms with Crippen LogP contribution in [0.5, 0.6) is 5.75 Å². The lowest BCUT2D eigenvalue weighted by Crippen LogP contribution is -2.18. The van der Waals surface area contributed by atoms with Crippen molar-refractivity contribution in [2.24, 2.45) is 0 Å². The molecule has 110 valence electrons. The molecule has 1 atom stereocenters. The third-order valence-electron chi connectivity index (χ3n) is 3.60. The van der Waals surface area contributed by atoms with Crippen LogP contribution in [0.4, 0.5) is 0 Å².